The van der Waals surface area contributed by atoms with Gasteiger partial charge in [0.15, 0.2) is 11.6 Å². The molecular weight excluding hydrogens is 340 g/mol. The van der Waals surface area contributed by atoms with E-state index in [2.05, 4.69) is 26.3 Å². The molecule has 6 heteroatoms. The Balaban J connectivity index is 2.38. The van der Waals surface area contributed by atoms with E-state index in [1.165, 1.54) is 6.07 Å². The summed E-state index contributed by atoms with van der Waals surface area (Å²) in [4.78, 5) is 0. The summed E-state index contributed by atoms with van der Waals surface area (Å²) in [6.07, 6.45) is 0.520. The van der Waals surface area contributed by atoms with E-state index in [9.17, 15) is 8.78 Å². The van der Waals surface area contributed by atoms with Crippen LogP contribution in [0.25, 0.3) is 0 Å². The van der Waals surface area contributed by atoms with Crippen LogP contribution in [0.15, 0.2) is 22.7 Å². The van der Waals surface area contributed by atoms with Crippen molar-refractivity contribution in [2.45, 2.75) is 26.3 Å². The number of benzene rings is 1. The summed E-state index contributed by atoms with van der Waals surface area (Å²) in [5.41, 5.74) is 2.16. The fraction of sp³-hybridized carbons (Fsp3) is 0.400. The molecule has 1 heterocycles. The van der Waals surface area contributed by atoms with Gasteiger partial charge in [-0.2, -0.15) is 5.10 Å². The van der Waals surface area contributed by atoms with Crippen molar-refractivity contribution < 1.29 is 8.78 Å². The van der Waals surface area contributed by atoms with Crippen LogP contribution in [-0.2, 0) is 13.5 Å². The van der Waals surface area contributed by atoms with E-state index >= 15 is 0 Å². The minimum absolute atomic E-state index is 0.309. The van der Waals surface area contributed by atoms with Crippen molar-refractivity contribution in [3.05, 3.63) is 51.3 Å². The van der Waals surface area contributed by atoms with Crippen molar-refractivity contribution in [3.63, 3.8) is 0 Å². The van der Waals surface area contributed by atoms with Crippen LogP contribution in [0.5, 0.6) is 0 Å². The highest BCUT2D eigenvalue weighted by Crippen LogP contribution is 2.27. The predicted molar refractivity (Wildman–Crippen MR) is 82.1 cm³/mol. The summed E-state index contributed by atoms with van der Waals surface area (Å²) in [6.45, 7) is 4.50. The number of halogens is 3. The molecule has 0 aliphatic carbocycles. The molecule has 1 N–H and O–H groups in total. The van der Waals surface area contributed by atoms with Crippen molar-refractivity contribution in [2.75, 3.05) is 6.54 Å². The average molecular weight is 358 g/mol. The lowest BCUT2D eigenvalue weighted by Crippen LogP contribution is -2.25. The smallest absolute Gasteiger partial charge is 0.163 e. The van der Waals surface area contributed by atoms with Gasteiger partial charge in [0, 0.05) is 25.1 Å². The molecule has 0 bridgehead atoms. The maximum Gasteiger partial charge on any atom is 0.163 e. The normalized spacial score (nSPS) is 12.7. The first-order valence-corrected chi connectivity index (χ1v) is 7.60. The molecule has 0 radical (unpaired) electrons. The minimum Gasteiger partial charge on any atom is -0.310 e. The molecule has 0 amide bonds. The van der Waals surface area contributed by atoms with Gasteiger partial charge >= 0.3 is 0 Å². The molecule has 1 aromatic heterocycles. The van der Waals surface area contributed by atoms with E-state index in [1.54, 1.807) is 10.7 Å². The van der Waals surface area contributed by atoms with Gasteiger partial charge in [0.25, 0.3) is 0 Å². The molecule has 0 aliphatic heterocycles. The van der Waals surface area contributed by atoms with Crippen molar-refractivity contribution in [2.24, 2.45) is 7.05 Å². The van der Waals surface area contributed by atoms with Gasteiger partial charge in [-0.25, -0.2) is 8.78 Å². The van der Waals surface area contributed by atoms with Gasteiger partial charge in [0.1, 0.15) is 0 Å². The molecule has 0 fully saturated rings. The summed E-state index contributed by atoms with van der Waals surface area (Å²) < 4.78 is 30.2. The molecule has 0 spiro atoms. The molecule has 2 aromatic rings. The molecule has 3 nitrogen and oxygen atoms in total. The standard InChI is InChI=1S/C15H18BrF2N3/c1-4-19-12(10-6-5-7-11(17)15(10)18)8-13-14(16)9(2)20-21(13)3/h5-7,12,19H,4,8H2,1-3H3. The van der Waals surface area contributed by atoms with Gasteiger partial charge in [0.2, 0.25) is 0 Å². The van der Waals surface area contributed by atoms with E-state index in [0.29, 0.717) is 18.5 Å². The third kappa shape index (κ3) is 3.32. The zero-order valence-electron chi connectivity index (χ0n) is 12.3. The SMILES string of the molecule is CCNC(Cc1c(Br)c(C)nn1C)c1cccc(F)c1F. The van der Waals surface area contributed by atoms with Gasteiger partial charge in [-0.05, 0) is 35.5 Å². The Kier molecular flexibility index (Phi) is 5.11. The second kappa shape index (κ2) is 6.66. The molecule has 0 saturated carbocycles. The van der Waals surface area contributed by atoms with E-state index in [1.807, 2.05) is 20.9 Å². The van der Waals surface area contributed by atoms with Gasteiger partial charge in [-0.1, -0.05) is 19.1 Å². The first kappa shape index (κ1) is 16.1. The van der Waals surface area contributed by atoms with Gasteiger partial charge in [-0.15, -0.1) is 0 Å². The maximum atomic E-state index is 14.0. The Morgan fingerprint density at radius 3 is 2.67 bits per heavy atom. The Morgan fingerprint density at radius 1 is 1.38 bits per heavy atom. The summed E-state index contributed by atoms with van der Waals surface area (Å²) in [6, 6.07) is 3.97. The molecule has 0 saturated heterocycles. The Bertz CT molecular complexity index is 640. The zero-order chi connectivity index (χ0) is 15.6. The predicted octanol–water partition coefficient (Wildman–Crippen LogP) is 3.66. The van der Waals surface area contributed by atoms with E-state index < -0.39 is 11.6 Å². The van der Waals surface area contributed by atoms with Crippen molar-refractivity contribution in [3.8, 4) is 0 Å². The fourth-order valence-electron chi connectivity index (χ4n) is 2.42. The molecule has 1 atom stereocenters. The third-order valence-electron chi connectivity index (χ3n) is 3.47. The average Bonchev–Trinajstić information content (AvgIpc) is 2.68. The summed E-state index contributed by atoms with van der Waals surface area (Å²) >= 11 is 3.51. The largest absolute Gasteiger partial charge is 0.310 e. The number of nitrogens with one attached hydrogen (secondary N) is 1. The van der Waals surface area contributed by atoms with Crippen LogP contribution in [-0.4, -0.2) is 16.3 Å². The van der Waals surface area contributed by atoms with Crippen molar-refractivity contribution in [1.29, 1.82) is 0 Å². The first-order valence-electron chi connectivity index (χ1n) is 6.81. The molecule has 1 unspecified atom stereocenters. The number of rotatable bonds is 5. The number of aryl methyl sites for hydroxylation is 2. The number of nitrogens with zero attached hydrogens (tertiary/aromatic N) is 2. The number of hydrogen-bond acceptors (Lipinski definition) is 2. The zero-order valence-corrected chi connectivity index (χ0v) is 13.8. The molecule has 0 aliphatic rings. The Labute approximate surface area is 131 Å². The van der Waals surface area contributed by atoms with Crippen molar-refractivity contribution >= 4 is 15.9 Å². The lowest BCUT2D eigenvalue weighted by atomic mass is 10.0. The number of hydrogen-bond donors (Lipinski definition) is 1. The van der Waals surface area contributed by atoms with Crippen LogP contribution in [0.2, 0.25) is 0 Å². The van der Waals surface area contributed by atoms with Gasteiger partial charge < -0.3 is 5.32 Å². The van der Waals surface area contributed by atoms with Crippen LogP contribution in [0.1, 0.15) is 29.9 Å². The highest BCUT2D eigenvalue weighted by molar-refractivity contribution is 9.10. The summed E-state index contributed by atoms with van der Waals surface area (Å²) in [5.74, 6) is -1.62. The van der Waals surface area contributed by atoms with E-state index in [0.717, 1.165) is 21.9 Å². The fourth-order valence-corrected chi connectivity index (χ4v) is 2.92. The second-order valence-electron chi connectivity index (χ2n) is 4.93. The lowest BCUT2D eigenvalue weighted by molar-refractivity contribution is 0.459. The highest BCUT2D eigenvalue weighted by atomic mass is 79.9. The molecule has 2 rings (SSSR count). The topological polar surface area (TPSA) is 29.9 Å². The number of likely N-dealkylation sites (N-methyl/N-ethyl adjacent to an activating group) is 1. The number of aromatic nitrogens is 2. The minimum atomic E-state index is -0.823. The van der Waals surface area contributed by atoms with Gasteiger partial charge in [-0.3, -0.25) is 4.68 Å². The van der Waals surface area contributed by atoms with Crippen LogP contribution >= 0.6 is 15.9 Å². The Morgan fingerprint density at radius 2 is 2.10 bits per heavy atom. The third-order valence-corrected chi connectivity index (χ3v) is 4.50. The first-order chi connectivity index (χ1) is 9.95. The van der Waals surface area contributed by atoms with Crippen LogP contribution in [0.3, 0.4) is 0 Å². The maximum absolute atomic E-state index is 14.0. The lowest BCUT2D eigenvalue weighted by Gasteiger charge is -2.19. The Hall–Kier alpha value is -1.27. The highest BCUT2D eigenvalue weighted by Gasteiger charge is 2.21. The second-order valence-corrected chi connectivity index (χ2v) is 5.72. The van der Waals surface area contributed by atoms with Crippen molar-refractivity contribution in [1.82, 2.24) is 15.1 Å². The molecule has 114 valence electrons. The molecular formula is C15H18BrF2N3. The van der Waals surface area contributed by atoms with Gasteiger partial charge in [0.05, 0.1) is 15.9 Å². The molecule has 21 heavy (non-hydrogen) atoms. The quantitative estimate of drug-likeness (QED) is 0.884. The monoisotopic (exact) mass is 357 g/mol. The molecule has 1 aromatic carbocycles. The summed E-state index contributed by atoms with van der Waals surface area (Å²) in [7, 11) is 1.85. The van der Waals surface area contributed by atoms with Crippen LogP contribution in [0.4, 0.5) is 8.78 Å². The summed E-state index contributed by atoms with van der Waals surface area (Å²) in [5, 5.41) is 7.54. The van der Waals surface area contributed by atoms with Crippen LogP contribution in [0, 0.1) is 18.6 Å². The van der Waals surface area contributed by atoms with Crippen LogP contribution < -0.4 is 5.32 Å². The van der Waals surface area contributed by atoms with E-state index in [-0.39, 0.29) is 6.04 Å². The van der Waals surface area contributed by atoms with E-state index in [4.69, 9.17) is 0 Å².